The fourth-order valence-corrected chi connectivity index (χ4v) is 3.72. The van der Waals surface area contributed by atoms with Crippen LogP contribution in [0.15, 0.2) is 42.5 Å². The zero-order chi connectivity index (χ0) is 16.7. The molecule has 7 heteroatoms. The van der Waals surface area contributed by atoms with Crippen LogP contribution in [0.25, 0.3) is 10.2 Å². The second kappa shape index (κ2) is 5.96. The van der Waals surface area contributed by atoms with Gasteiger partial charge in [0.05, 0.1) is 9.72 Å². The molecule has 0 aliphatic carbocycles. The van der Waals surface area contributed by atoms with Gasteiger partial charge in [0.1, 0.15) is 11.6 Å². The molecule has 0 saturated carbocycles. The molecular formula is C17H13ClN2O3S. The first-order valence-electron chi connectivity index (χ1n) is 7.40. The van der Waals surface area contributed by atoms with Crippen LogP contribution in [0, 0.1) is 0 Å². The number of para-hydroxylation sites is 3. The molecule has 0 fully saturated rings. The van der Waals surface area contributed by atoms with E-state index in [2.05, 4.69) is 10.3 Å². The summed E-state index contributed by atoms with van der Waals surface area (Å²) < 4.78 is 12.5. The number of aromatic nitrogens is 1. The molecule has 1 aromatic heterocycles. The van der Waals surface area contributed by atoms with E-state index in [-0.39, 0.29) is 5.91 Å². The van der Waals surface area contributed by atoms with Crippen molar-refractivity contribution in [2.24, 2.45) is 0 Å². The van der Waals surface area contributed by atoms with Crippen molar-refractivity contribution in [3.05, 3.63) is 47.5 Å². The fourth-order valence-electron chi connectivity index (χ4n) is 2.55. The lowest BCUT2D eigenvalue weighted by Gasteiger charge is -2.30. The van der Waals surface area contributed by atoms with Crippen molar-refractivity contribution in [3.63, 3.8) is 0 Å². The molecular weight excluding hydrogens is 348 g/mol. The molecule has 2 heterocycles. The van der Waals surface area contributed by atoms with Crippen molar-refractivity contribution in [2.75, 3.05) is 5.32 Å². The highest BCUT2D eigenvalue weighted by Gasteiger charge is 2.34. The second-order valence-electron chi connectivity index (χ2n) is 5.40. The van der Waals surface area contributed by atoms with Crippen LogP contribution in [-0.4, -0.2) is 23.1 Å². The van der Waals surface area contributed by atoms with Gasteiger partial charge < -0.3 is 9.47 Å². The molecule has 24 heavy (non-hydrogen) atoms. The molecule has 2 aromatic carbocycles. The Labute approximate surface area is 147 Å². The molecule has 0 spiro atoms. The number of nitrogens with zero attached hydrogens (tertiary/aromatic N) is 1. The van der Waals surface area contributed by atoms with Gasteiger partial charge in [0.2, 0.25) is 6.10 Å². The van der Waals surface area contributed by atoms with E-state index in [1.54, 1.807) is 19.1 Å². The van der Waals surface area contributed by atoms with Crippen LogP contribution < -0.4 is 14.8 Å². The first-order chi connectivity index (χ1) is 11.6. The first kappa shape index (κ1) is 15.2. The highest BCUT2D eigenvalue weighted by Crippen LogP contribution is 2.34. The summed E-state index contributed by atoms with van der Waals surface area (Å²) in [5.41, 5.74) is 0.679. The Balaban J connectivity index is 1.56. The molecule has 0 bridgehead atoms. The van der Waals surface area contributed by atoms with E-state index < -0.39 is 12.2 Å². The Hall–Kier alpha value is -2.31. The number of halogens is 1. The molecule has 3 aromatic rings. The molecule has 0 radical (unpaired) electrons. The van der Waals surface area contributed by atoms with Gasteiger partial charge in [-0.1, -0.05) is 41.1 Å². The van der Waals surface area contributed by atoms with E-state index in [0.717, 1.165) is 4.70 Å². The Bertz CT molecular complexity index is 927. The molecule has 1 N–H and O–H groups in total. The summed E-state index contributed by atoms with van der Waals surface area (Å²) >= 11 is 7.49. The third-order valence-corrected chi connectivity index (χ3v) is 4.94. The summed E-state index contributed by atoms with van der Waals surface area (Å²) in [7, 11) is 0. The number of thiazole rings is 1. The van der Waals surface area contributed by atoms with Crippen molar-refractivity contribution in [2.45, 2.75) is 19.1 Å². The summed E-state index contributed by atoms with van der Waals surface area (Å²) in [4.78, 5) is 16.9. The number of ether oxygens (including phenoxy) is 2. The number of carbonyl (C=O) groups excluding carboxylic acids is 1. The number of fused-ring (bicyclic) bond motifs is 2. The van der Waals surface area contributed by atoms with Gasteiger partial charge in [-0.25, -0.2) is 4.98 Å². The number of hydrogen-bond acceptors (Lipinski definition) is 5. The Kier molecular flexibility index (Phi) is 3.78. The molecule has 2 unspecified atom stereocenters. The highest BCUT2D eigenvalue weighted by molar-refractivity contribution is 7.22. The number of rotatable bonds is 2. The molecule has 122 valence electrons. The molecule has 5 nitrogen and oxygen atoms in total. The number of benzene rings is 2. The number of nitrogens with one attached hydrogen (secondary N) is 1. The zero-order valence-electron chi connectivity index (χ0n) is 12.7. The van der Waals surface area contributed by atoms with Crippen molar-refractivity contribution in [1.29, 1.82) is 0 Å². The lowest BCUT2D eigenvalue weighted by Crippen LogP contribution is -2.46. The predicted molar refractivity (Wildman–Crippen MR) is 94.2 cm³/mol. The predicted octanol–water partition coefficient (Wildman–Crippen LogP) is 4.12. The van der Waals surface area contributed by atoms with E-state index in [1.807, 2.05) is 30.3 Å². The van der Waals surface area contributed by atoms with Gasteiger partial charge in [-0.3, -0.25) is 10.1 Å². The topological polar surface area (TPSA) is 60.5 Å². The van der Waals surface area contributed by atoms with Crippen molar-refractivity contribution in [3.8, 4) is 11.5 Å². The quantitative estimate of drug-likeness (QED) is 0.746. The third-order valence-electron chi connectivity index (χ3n) is 3.70. The smallest absolute Gasteiger partial charge is 0.271 e. The standard InChI is InChI=1S/C17H13ClN2O3S/c1-9-15(23-12-7-3-2-6-11(12)22-9)16(21)20-17-19-14-10(18)5-4-8-13(14)24-17/h2-9,15H,1H3,(H,19,20,21). The Morgan fingerprint density at radius 1 is 1.17 bits per heavy atom. The van der Waals surface area contributed by atoms with E-state index in [4.69, 9.17) is 21.1 Å². The molecule has 2 atom stereocenters. The average molecular weight is 361 g/mol. The van der Waals surface area contributed by atoms with Gasteiger partial charge in [0, 0.05) is 0 Å². The van der Waals surface area contributed by atoms with Crippen LogP contribution in [0.3, 0.4) is 0 Å². The van der Waals surface area contributed by atoms with Gasteiger partial charge in [-0.2, -0.15) is 0 Å². The van der Waals surface area contributed by atoms with Gasteiger partial charge in [0.15, 0.2) is 16.6 Å². The molecule has 4 rings (SSSR count). The minimum atomic E-state index is -0.748. The zero-order valence-corrected chi connectivity index (χ0v) is 14.2. The third kappa shape index (κ3) is 2.68. The van der Waals surface area contributed by atoms with Crippen LogP contribution in [-0.2, 0) is 4.79 Å². The Morgan fingerprint density at radius 2 is 1.92 bits per heavy atom. The minimum Gasteiger partial charge on any atom is -0.482 e. The first-order valence-corrected chi connectivity index (χ1v) is 8.59. The molecule has 1 amide bonds. The van der Waals surface area contributed by atoms with E-state index in [9.17, 15) is 4.79 Å². The maximum absolute atomic E-state index is 12.6. The summed E-state index contributed by atoms with van der Waals surface area (Å²) in [5, 5.41) is 3.84. The summed E-state index contributed by atoms with van der Waals surface area (Å²) in [6, 6.07) is 12.8. The van der Waals surface area contributed by atoms with Gasteiger partial charge in [-0.05, 0) is 31.2 Å². The van der Waals surface area contributed by atoms with Crippen molar-refractivity contribution in [1.82, 2.24) is 4.98 Å². The monoisotopic (exact) mass is 360 g/mol. The lowest BCUT2D eigenvalue weighted by atomic mass is 10.1. The molecule has 1 aliphatic heterocycles. The second-order valence-corrected chi connectivity index (χ2v) is 6.84. The number of anilines is 1. The largest absolute Gasteiger partial charge is 0.482 e. The minimum absolute atomic E-state index is 0.299. The summed E-state index contributed by atoms with van der Waals surface area (Å²) in [6.07, 6.45) is -1.15. The van der Waals surface area contributed by atoms with Gasteiger partial charge in [0.25, 0.3) is 5.91 Å². The maximum atomic E-state index is 12.6. The molecule has 0 saturated heterocycles. The van der Waals surface area contributed by atoms with Crippen LogP contribution in [0.4, 0.5) is 5.13 Å². The average Bonchev–Trinajstić information content (AvgIpc) is 2.98. The fraction of sp³-hybridized carbons (Fsp3) is 0.176. The lowest BCUT2D eigenvalue weighted by molar-refractivity contribution is -0.128. The highest BCUT2D eigenvalue weighted by atomic mass is 35.5. The number of hydrogen-bond donors (Lipinski definition) is 1. The Morgan fingerprint density at radius 3 is 2.67 bits per heavy atom. The van der Waals surface area contributed by atoms with Crippen LogP contribution in [0.2, 0.25) is 5.02 Å². The van der Waals surface area contributed by atoms with Gasteiger partial charge in [-0.15, -0.1) is 0 Å². The summed E-state index contributed by atoms with van der Waals surface area (Å²) in [6.45, 7) is 1.80. The normalized spacial score (nSPS) is 19.2. The van der Waals surface area contributed by atoms with E-state index in [0.29, 0.717) is 27.2 Å². The summed E-state index contributed by atoms with van der Waals surface area (Å²) in [5.74, 6) is 0.899. The van der Waals surface area contributed by atoms with E-state index in [1.165, 1.54) is 11.3 Å². The van der Waals surface area contributed by atoms with E-state index >= 15 is 0 Å². The van der Waals surface area contributed by atoms with Crippen LogP contribution >= 0.6 is 22.9 Å². The molecule has 1 aliphatic rings. The number of amides is 1. The van der Waals surface area contributed by atoms with Crippen LogP contribution in [0.1, 0.15) is 6.92 Å². The SMILES string of the molecule is CC1Oc2ccccc2OC1C(=O)Nc1nc2c(Cl)cccc2s1. The number of carbonyl (C=O) groups is 1. The van der Waals surface area contributed by atoms with Crippen molar-refractivity contribution >= 4 is 44.2 Å². The van der Waals surface area contributed by atoms with Gasteiger partial charge >= 0.3 is 0 Å². The maximum Gasteiger partial charge on any atom is 0.271 e. The van der Waals surface area contributed by atoms with Crippen LogP contribution in [0.5, 0.6) is 11.5 Å². The van der Waals surface area contributed by atoms with Crippen molar-refractivity contribution < 1.29 is 14.3 Å².